The average molecular weight is 353 g/mol. The summed E-state index contributed by atoms with van der Waals surface area (Å²) < 4.78 is 10.7. The normalized spacial score (nSPS) is 16.3. The first-order valence-electron chi connectivity index (χ1n) is 8.89. The Balaban J connectivity index is 1.46. The molecular weight excluding hydrogens is 330 g/mol. The molecule has 1 heterocycles. The van der Waals surface area contributed by atoms with Gasteiger partial charge in [0.15, 0.2) is 0 Å². The fourth-order valence-corrected chi connectivity index (χ4v) is 3.08. The zero-order valence-corrected chi connectivity index (χ0v) is 14.7. The summed E-state index contributed by atoms with van der Waals surface area (Å²) in [7, 11) is 0. The molecule has 1 atom stereocenters. The number of hydrogen-bond donors (Lipinski definition) is 0. The van der Waals surface area contributed by atoms with Gasteiger partial charge >= 0.3 is 12.1 Å². The zero-order chi connectivity index (χ0) is 18.2. The molecular formula is C21H23NO4. The van der Waals surface area contributed by atoms with Crippen LogP contribution in [0.4, 0.5) is 4.79 Å². The Morgan fingerprint density at radius 1 is 0.885 bits per heavy atom. The van der Waals surface area contributed by atoms with Crippen molar-refractivity contribution in [1.29, 1.82) is 0 Å². The van der Waals surface area contributed by atoms with Gasteiger partial charge in [-0.2, -0.15) is 0 Å². The van der Waals surface area contributed by atoms with Gasteiger partial charge in [-0.1, -0.05) is 60.7 Å². The molecule has 136 valence electrons. The van der Waals surface area contributed by atoms with Crippen LogP contribution < -0.4 is 0 Å². The number of hydrogen-bond acceptors (Lipinski definition) is 4. The van der Waals surface area contributed by atoms with Crippen LogP contribution in [0.25, 0.3) is 0 Å². The van der Waals surface area contributed by atoms with E-state index >= 15 is 0 Å². The summed E-state index contributed by atoms with van der Waals surface area (Å²) in [5, 5.41) is 0. The van der Waals surface area contributed by atoms with Crippen LogP contribution in [0.2, 0.25) is 0 Å². The largest absolute Gasteiger partial charge is 0.461 e. The standard InChI is InChI=1S/C21H23NO4/c23-20(25-15-17-8-3-1-4-9-17)14-19-12-7-13-22(19)21(24)26-16-18-10-5-2-6-11-18/h1-6,8-11,19H,7,12-16H2/t19-/m0/s1. The number of likely N-dealkylation sites (tertiary alicyclic amines) is 1. The molecule has 1 aliphatic rings. The van der Waals surface area contributed by atoms with E-state index in [0.717, 1.165) is 24.0 Å². The summed E-state index contributed by atoms with van der Waals surface area (Å²) >= 11 is 0. The van der Waals surface area contributed by atoms with Crippen molar-refractivity contribution in [2.45, 2.75) is 38.5 Å². The molecule has 1 fully saturated rings. The van der Waals surface area contributed by atoms with Gasteiger partial charge in [-0.05, 0) is 24.0 Å². The molecule has 1 saturated heterocycles. The summed E-state index contributed by atoms with van der Waals surface area (Å²) in [6, 6.07) is 19.0. The third-order valence-electron chi connectivity index (χ3n) is 4.46. The number of nitrogens with zero attached hydrogens (tertiary/aromatic N) is 1. The molecule has 0 bridgehead atoms. The van der Waals surface area contributed by atoms with E-state index in [2.05, 4.69) is 0 Å². The molecule has 26 heavy (non-hydrogen) atoms. The monoisotopic (exact) mass is 353 g/mol. The second-order valence-corrected chi connectivity index (χ2v) is 6.38. The van der Waals surface area contributed by atoms with Crippen molar-refractivity contribution in [2.75, 3.05) is 6.54 Å². The van der Waals surface area contributed by atoms with Crippen LogP contribution in [0.15, 0.2) is 60.7 Å². The highest BCUT2D eigenvalue weighted by Gasteiger charge is 2.32. The van der Waals surface area contributed by atoms with E-state index in [1.54, 1.807) is 4.90 Å². The Kier molecular flexibility index (Phi) is 6.25. The predicted octanol–water partition coefficient (Wildman–Crippen LogP) is 3.92. The van der Waals surface area contributed by atoms with Crippen molar-refractivity contribution in [3.8, 4) is 0 Å². The lowest BCUT2D eigenvalue weighted by Crippen LogP contribution is -2.37. The van der Waals surface area contributed by atoms with Gasteiger partial charge in [-0.3, -0.25) is 4.79 Å². The van der Waals surface area contributed by atoms with Crippen LogP contribution in [0, 0.1) is 0 Å². The minimum atomic E-state index is -0.368. The van der Waals surface area contributed by atoms with Crippen molar-refractivity contribution in [1.82, 2.24) is 4.90 Å². The maximum absolute atomic E-state index is 12.3. The highest BCUT2D eigenvalue weighted by molar-refractivity contribution is 5.73. The van der Waals surface area contributed by atoms with E-state index in [9.17, 15) is 9.59 Å². The number of ether oxygens (including phenoxy) is 2. The van der Waals surface area contributed by atoms with Gasteiger partial charge in [0.05, 0.1) is 6.42 Å². The van der Waals surface area contributed by atoms with Gasteiger partial charge in [0.25, 0.3) is 0 Å². The zero-order valence-electron chi connectivity index (χ0n) is 14.7. The van der Waals surface area contributed by atoms with E-state index in [-0.39, 0.29) is 37.7 Å². The molecule has 0 spiro atoms. The lowest BCUT2D eigenvalue weighted by atomic mass is 10.1. The fourth-order valence-electron chi connectivity index (χ4n) is 3.08. The molecule has 0 aromatic heterocycles. The molecule has 2 aromatic rings. The number of carbonyl (C=O) groups is 2. The van der Waals surface area contributed by atoms with Gasteiger partial charge in [0.2, 0.25) is 0 Å². The minimum Gasteiger partial charge on any atom is -0.461 e. The van der Waals surface area contributed by atoms with Crippen molar-refractivity contribution < 1.29 is 19.1 Å². The van der Waals surface area contributed by atoms with Crippen LogP contribution in [0.5, 0.6) is 0 Å². The quantitative estimate of drug-likeness (QED) is 0.739. The number of rotatable bonds is 6. The Bertz CT molecular complexity index is 717. The van der Waals surface area contributed by atoms with Crippen molar-refractivity contribution in [3.05, 3.63) is 71.8 Å². The highest BCUT2D eigenvalue weighted by Crippen LogP contribution is 2.22. The summed E-state index contributed by atoms with van der Waals surface area (Å²) in [6.07, 6.45) is 1.50. The second-order valence-electron chi connectivity index (χ2n) is 6.38. The molecule has 1 amide bonds. The van der Waals surface area contributed by atoms with Crippen molar-refractivity contribution >= 4 is 12.1 Å². The van der Waals surface area contributed by atoms with E-state index in [1.807, 2.05) is 60.7 Å². The van der Waals surface area contributed by atoms with E-state index in [4.69, 9.17) is 9.47 Å². The van der Waals surface area contributed by atoms with Crippen molar-refractivity contribution in [3.63, 3.8) is 0 Å². The molecule has 0 unspecified atom stereocenters. The Morgan fingerprint density at radius 3 is 2.08 bits per heavy atom. The fraction of sp³-hybridized carbons (Fsp3) is 0.333. The molecule has 0 saturated carbocycles. The summed E-state index contributed by atoms with van der Waals surface area (Å²) in [5.74, 6) is -0.290. The number of benzene rings is 2. The summed E-state index contributed by atoms with van der Waals surface area (Å²) in [4.78, 5) is 26.1. The van der Waals surface area contributed by atoms with Crippen molar-refractivity contribution in [2.24, 2.45) is 0 Å². The van der Waals surface area contributed by atoms with Crippen LogP contribution >= 0.6 is 0 Å². The molecule has 2 aromatic carbocycles. The lowest BCUT2D eigenvalue weighted by Gasteiger charge is -2.23. The van der Waals surface area contributed by atoms with E-state index < -0.39 is 0 Å². The van der Waals surface area contributed by atoms with E-state index in [0.29, 0.717) is 6.54 Å². The number of amides is 1. The van der Waals surface area contributed by atoms with Gasteiger partial charge in [0, 0.05) is 12.6 Å². The van der Waals surface area contributed by atoms with Gasteiger partial charge in [-0.25, -0.2) is 4.79 Å². The van der Waals surface area contributed by atoms with Gasteiger partial charge < -0.3 is 14.4 Å². The maximum atomic E-state index is 12.3. The molecule has 0 radical (unpaired) electrons. The molecule has 5 heteroatoms. The second kappa shape index (κ2) is 9.04. The van der Waals surface area contributed by atoms with Crippen LogP contribution in [-0.2, 0) is 27.5 Å². The first kappa shape index (κ1) is 18.0. The summed E-state index contributed by atoms with van der Waals surface area (Å²) in [5.41, 5.74) is 1.89. The third kappa shape index (κ3) is 5.09. The van der Waals surface area contributed by atoms with Gasteiger partial charge in [-0.15, -0.1) is 0 Å². The maximum Gasteiger partial charge on any atom is 0.410 e. The lowest BCUT2D eigenvalue weighted by molar-refractivity contribution is -0.146. The molecule has 0 N–H and O–H groups in total. The van der Waals surface area contributed by atoms with Crippen LogP contribution in [-0.4, -0.2) is 29.5 Å². The molecule has 1 aliphatic heterocycles. The Labute approximate surface area is 153 Å². The summed E-state index contributed by atoms with van der Waals surface area (Å²) in [6.45, 7) is 1.11. The first-order valence-corrected chi connectivity index (χ1v) is 8.89. The Morgan fingerprint density at radius 2 is 1.46 bits per heavy atom. The molecule has 5 nitrogen and oxygen atoms in total. The van der Waals surface area contributed by atoms with Crippen LogP contribution in [0.3, 0.4) is 0 Å². The van der Waals surface area contributed by atoms with Gasteiger partial charge in [0.1, 0.15) is 13.2 Å². The number of esters is 1. The minimum absolute atomic E-state index is 0.151. The molecule has 3 rings (SSSR count). The van der Waals surface area contributed by atoms with Crippen LogP contribution in [0.1, 0.15) is 30.4 Å². The van der Waals surface area contributed by atoms with E-state index in [1.165, 1.54) is 0 Å². The topological polar surface area (TPSA) is 55.8 Å². The average Bonchev–Trinajstić information content (AvgIpc) is 3.14. The highest BCUT2D eigenvalue weighted by atomic mass is 16.6. The third-order valence-corrected chi connectivity index (χ3v) is 4.46. The molecule has 0 aliphatic carbocycles. The number of carbonyl (C=O) groups excluding carboxylic acids is 2. The Hall–Kier alpha value is -2.82. The predicted molar refractivity (Wildman–Crippen MR) is 97.2 cm³/mol. The smallest absolute Gasteiger partial charge is 0.410 e. The first-order chi connectivity index (χ1) is 12.7. The SMILES string of the molecule is O=C(C[C@@H]1CCCN1C(=O)OCc1ccccc1)OCc1ccccc1.